The van der Waals surface area contributed by atoms with Crippen LogP contribution in [0, 0.1) is 0 Å². The Morgan fingerprint density at radius 2 is 2.11 bits per heavy atom. The summed E-state index contributed by atoms with van der Waals surface area (Å²) in [6.45, 7) is 8.79. The van der Waals surface area contributed by atoms with Gasteiger partial charge in [0.15, 0.2) is 0 Å². The molecular weight excluding hydrogens is 360 g/mol. The monoisotopic (exact) mass is 392 g/mol. The third-order valence-corrected chi connectivity index (χ3v) is 4.24. The largest absolute Gasteiger partial charge is 0.444 e. The molecule has 1 aliphatic heterocycles. The number of benzene rings is 1. The lowest BCUT2D eigenvalue weighted by molar-refractivity contribution is -0.128. The molecule has 0 spiro atoms. The van der Waals surface area contributed by atoms with E-state index in [1.54, 1.807) is 14.0 Å². The molecule has 0 saturated carbocycles. The van der Waals surface area contributed by atoms with Gasteiger partial charge in [0.05, 0.1) is 12.7 Å². The number of carbonyl (C=O) groups is 2. The zero-order valence-corrected chi connectivity index (χ0v) is 17.5. The molecule has 2 unspecified atom stereocenters. The van der Waals surface area contributed by atoms with E-state index in [1.807, 2.05) is 45.0 Å². The van der Waals surface area contributed by atoms with Crippen LogP contribution >= 0.6 is 0 Å². The summed E-state index contributed by atoms with van der Waals surface area (Å²) in [6, 6.07) is 7.38. The molecule has 28 heavy (non-hydrogen) atoms. The van der Waals surface area contributed by atoms with E-state index in [0.717, 1.165) is 25.0 Å². The first kappa shape index (κ1) is 22.2. The number of ether oxygens (including phenoxy) is 3. The van der Waals surface area contributed by atoms with Crippen LogP contribution in [-0.4, -0.2) is 55.0 Å². The Kier molecular flexibility index (Phi) is 7.83. The van der Waals surface area contributed by atoms with Crippen LogP contribution in [0.1, 0.15) is 46.1 Å². The molecule has 7 heteroatoms. The molecular formula is C21H32N2O5. The van der Waals surface area contributed by atoms with Gasteiger partial charge in [0.2, 0.25) is 0 Å². The van der Waals surface area contributed by atoms with Crippen molar-refractivity contribution in [1.29, 1.82) is 0 Å². The molecule has 1 heterocycles. The second kappa shape index (κ2) is 9.89. The number of hydrogen-bond acceptors (Lipinski definition) is 5. The van der Waals surface area contributed by atoms with E-state index < -0.39 is 17.8 Å². The van der Waals surface area contributed by atoms with E-state index in [2.05, 4.69) is 5.32 Å². The summed E-state index contributed by atoms with van der Waals surface area (Å²) in [5.74, 6) is -0.212. The standard InChI is InChI=1S/C21H32N2O5/c1-15(27-14-18-10-7-11-26-18)19(24)22-17-9-6-8-16(12-17)13-23(5)20(25)28-21(2,3)4/h6,8-9,12,15,18H,7,10-11,13-14H2,1-5H3,(H,22,24). The highest BCUT2D eigenvalue weighted by Gasteiger charge is 2.21. The summed E-state index contributed by atoms with van der Waals surface area (Å²) in [4.78, 5) is 26.0. The van der Waals surface area contributed by atoms with Crippen molar-refractivity contribution in [1.82, 2.24) is 4.90 Å². The van der Waals surface area contributed by atoms with Gasteiger partial charge < -0.3 is 24.4 Å². The van der Waals surface area contributed by atoms with Crippen LogP contribution in [0.5, 0.6) is 0 Å². The van der Waals surface area contributed by atoms with Gasteiger partial charge >= 0.3 is 6.09 Å². The van der Waals surface area contributed by atoms with Gasteiger partial charge in [-0.25, -0.2) is 4.79 Å². The first-order valence-electron chi connectivity index (χ1n) is 9.71. The molecule has 1 aliphatic rings. The van der Waals surface area contributed by atoms with E-state index in [0.29, 0.717) is 18.8 Å². The maximum Gasteiger partial charge on any atom is 0.410 e. The van der Waals surface area contributed by atoms with Gasteiger partial charge in [0.1, 0.15) is 11.7 Å². The zero-order valence-electron chi connectivity index (χ0n) is 17.5. The molecule has 1 N–H and O–H groups in total. The number of nitrogens with one attached hydrogen (secondary N) is 1. The molecule has 2 rings (SSSR count). The fourth-order valence-electron chi connectivity index (χ4n) is 2.77. The van der Waals surface area contributed by atoms with Crippen molar-refractivity contribution in [2.45, 2.75) is 64.9 Å². The van der Waals surface area contributed by atoms with Gasteiger partial charge in [0, 0.05) is 25.9 Å². The van der Waals surface area contributed by atoms with Gasteiger partial charge in [-0.1, -0.05) is 12.1 Å². The minimum absolute atomic E-state index is 0.0852. The third-order valence-electron chi connectivity index (χ3n) is 4.24. The summed E-state index contributed by atoms with van der Waals surface area (Å²) in [6.07, 6.45) is 1.14. The molecule has 1 aromatic carbocycles. The van der Waals surface area contributed by atoms with Gasteiger partial charge in [0.25, 0.3) is 5.91 Å². The molecule has 7 nitrogen and oxygen atoms in total. The Morgan fingerprint density at radius 3 is 2.75 bits per heavy atom. The Morgan fingerprint density at radius 1 is 1.36 bits per heavy atom. The SMILES string of the molecule is CC(OCC1CCCO1)C(=O)Nc1cccc(CN(C)C(=O)OC(C)(C)C)c1. The second-order valence-corrected chi connectivity index (χ2v) is 8.14. The smallest absolute Gasteiger partial charge is 0.410 e. The molecule has 0 aliphatic carbocycles. The first-order valence-corrected chi connectivity index (χ1v) is 9.71. The van der Waals surface area contributed by atoms with Gasteiger partial charge in [-0.05, 0) is 58.2 Å². The predicted molar refractivity (Wildman–Crippen MR) is 107 cm³/mol. The van der Waals surface area contributed by atoms with Crippen LogP contribution in [0.4, 0.5) is 10.5 Å². The lowest BCUT2D eigenvalue weighted by Gasteiger charge is -2.24. The van der Waals surface area contributed by atoms with Crippen molar-refractivity contribution in [3.05, 3.63) is 29.8 Å². The number of carbonyl (C=O) groups excluding carboxylic acids is 2. The molecule has 2 atom stereocenters. The highest BCUT2D eigenvalue weighted by Crippen LogP contribution is 2.16. The average Bonchev–Trinajstić information content (AvgIpc) is 3.12. The minimum Gasteiger partial charge on any atom is -0.444 e. The van der Waals surface area contributed by atoms with E-state index >= 15 is 0 Å². The maximum atomic E-state index is 12.4. The lowest BCUT2D eigenvalue weighted by Crippen LogP contribution is -2.33. The highest BCUT2D eigenvalue weighted by atomic mass is 16.6. The summed E-state index contributed by atoms with van der Waals surface area (Å²) in [5, 5.41) is 2.86. The van der Waals surface area contributed by atoms with Crippen LogP contribution < -0.4 is 5.32 Å². The topological polar surface area (TPSA) is 77.1 Å². The molecule has 1 fully saturated rings. The van der Waals surface area contributed by atoms with E-state index in [4.69, 9.17) is 14.2 Å². The number of amides is 2. The van der Waals surface area contributed by atoms with Crippen LogP contribution in [0.15, 0.2) is 24.3 Å². The number of hydrogen-bond donors (Lipinski definition) is 1. The van der Waals surface area contributed by atoms with Gasteiger partial charge in [-0.2, -0.15) is 0 Å². The summed E-state index contributed by atoms with van der Waals surface area (Å²) in [7, 11) is 1.68. The van der Waals surface area contributed by atoms with Crippen molar-refractivity contribution in [2.24, 2.45) is 0 Å². The number of anilines is 1. The zero-order chi connectivity index (χ0) is 20.7. The van der Waals surface area contributed by atoms with Crippen LogP contribution in [0.25, 0.3) is 0 Å². The third kappa shape index (κ3) is 7.48. The minimum atomic E-state index is -0.572. The van der Waals surface area contributed by atoms with Crippen LogP contribution in [0.2, 0.25) is 0 Å². The fourth-order valence-corrected chi connectivity index (χ4v) is 2.77. The molecule has 2 amide bonds. The lowest BCUT2D eigenvalue weighted by atomic mass is 10.2. The van der Waals surface area contributed by atoms with Crippen LogP contribution in [-0.2, 0) is 25.5 Å². The summed E-state index contributed by atoms with van der Waals surface area (Å²) < 4.78 is 16.5. The molecule has 1 aromatic rings. The van der Waals surface area contributed by atoms with Crippen molar-refractivity contribution < 1.29 is 23.8 Å². The molecule has 0 radical (unpaired) electrons. The second-order valence-electron chi connectivity index (χ2n) is 8.14. The van der Waals surface area contributed by atoms with Crippen molar-refractivity contribution in [2.75, 3.05) is 25.6 Å². The predicted octanol–water partition coefficient (Wildman–Crippen LogP) is 3.58. The Balaban J connectivity index is 1.85. The Bertz CT molecular complexity index is 665. The van der Waals surface area contributed by atoms with Crippen molar-refractivity contribution >= 4 is 17.7 Å². The Hall–Kier alpha value is -2.12. The van der Waals surface area contributed by atoms with E-state index in [-0.39, 0.29) is 12.0 Å². The molecule has 0 bridgehead atoms. The highest BCUT2D eigenvalue weighted by molar-refractivity contribution is 5.93. The van der Waals surface area contributed by atoms with Crippen LogP contribution in [0.3, 0.4) is 0 Å². The fraction of sp³-hybridized carbons (Fsp3) is 0.619. The average molecular weight is 392 g/mol. The summed E-state index contributed by atoms with van der Waals surface area (Å²) in [5.41, 5.74) is 1.01. The normalized spacial score (nSPS) is 17.8. The molecule has 0 aromatic heterocycles. The van der Waals surface area contributed by atoms with Crippen molar-refractivity contribution in [3.63, 3.8) is 0 Å². The first-order chi connectivity index (χ1) is 13.1. The van der Waals surface area contributed by atoms with Gasteiger partial charge in [-0.15, -0.1) is 0 Å². The van der Waals surface area contributed by atoms with Gasteiger partial charge in [-0.3, -0.25) is 4.79 Å². The number of nitrogens with zero attached hydrogens (tertiary/aromatic N) is 1. The van der Waals surface area contributed by atoms with E-state index in [9.17, 15) is 9.59 Å². The number of rotatable bonds is 7. The maximum absolute atomic E-state index is 12.4. The molecule has 156 valence electrons. The van der Waals surface area contributed by atoms with E-state index in [1.165, 1.54) is 4.90 Å². The Labute approximate surface area is 167 Å². The summed E-state index contributed by atoms with van der Waals surface area (Å²) >= 11 is 0. The molecule has 1 saturated heterocycles. The van der Waals surface area contributed by atoms with Crippen molar-refractivity contribution in [3.8, 4) is 0 Å². The quantitative estimate of drug-likeness (QED) is 0.767.